The third-order valence-electron chi connectivity index (χ3n) is 2.34. The van der Waals surface area contributed by atoms with Gasteiger partial charge in [-0.2, -0.15) is 0 Å². The van der Waals surface area contributed by atoms with Gasteiger partial charge in [0.2, 0.25) is 5.95 Å². The minimum Gasteiger partial charge on any atom is -0.323 e. The number of aromatic amines is 1. The van der Waals surface area contributed by atoms with Crippen LogP contribution in [-0.4, -0.2) is 9.97 Å². The third-order valence-corrected chi connectivity index (χ3v) is 2.34. The van der Waals surface area contributed by atoms with E-state index in [0.717, 1.165) is 12.1 Å². The first-order valence-electron chi connectivity index (χ1n) is 5.41. The van der Waals surface area contributed by atoms with E-state index in [4.69, 9.17) is 0 Å². The van der Waals surface area contributed by atoms with Crippen molar-refractivity contribution in [1.82, 2.24) is 9.97 Å². The van der Waals surface area contributed by atoms with Gasteiger partial charge in [-0.25, -0.2) is 13.8 Å². The van der Waals surface area contributed by atoms with Crippen LogP contribution in [0.1, 0.15) is 12.6 Å². The van der Waals surface area contributed by atoms with Crippen molar-refractivity contribution >= 4 is 11.6 Å². The van der Waals surface area contributed by atoms with E-state index in [0.29, 0.717) is 12.1 Å². The van der Waals surface area contributed by atoms with Crippen LogP contribution in [0.2, 0.25) is 0 Å². The summed E-state index contributed by atoms with van der Waals surface area (Å²) >= 11 is 0. The normalized spacial score (nSPS) is 10.4. The molecule has 0 amide bonds. The third kappa shape index (κ3) is 2.71. The lowest BCUT2D eigenvalue weighted by Crippen LogP contribution is -2.12. The van der Waals surface area contributed by atoms with E-state index < -0.39 is 11.6 Å². The fourth-order valence-corrected chi connectivity index (χ4v) is 1.47. The monoisotopic (exact) mass is 251 g/mol. The zero-order valence-corrected chi connectivity index (χ0v) is 9.63. The zero-order valence-electron chi connectivity index (χ0n) is 9.63. The lowest BCUT2D eigenvalue weighted by Gasteiger charge is -2.07. The molecule has 4 nitrogen and oxygen atoms in total. The Morgan fingerprint density at radius 1 is 1.33 bits per heavy atom. The molecule has 0 saturated carbocycles. The molecule has 1 aromatic carbocycles. The minimum atomic E-state index is -0.750. The Bertz CT molecular complexity index is 625. The Balaban J connectivity index is 2.33. The van der Waals surface area contributed by atoms with Crippen LogP contribution in [-0.2, 0) is 6.42 Å². The van der Waals surface area contributed by atoms with Gasteiger partial charge >= 0.3 is 0 Å². The molecule has 1 aromatic heterocycles. The molecule has 18 heavy (non-hydrogen) atoms. The van der Waals surface area contributed by atoms with E-state index in [-0.39, 0.29) is 17.2 Å². The molecule has 0 aliphatic heterocycles. The SMILES string of the molecule is CCc1cc(=O)[nH]c(Nc2ccc(F)cc2F)n1. The van der Waals surface area contributed by atoms with Gasteiger partial charge < -0.3 is 5.32 Å². The van der Waals surface area contributed by atoms with Crippen molar-refractivity contribution in [3.05, 3.63) is 51.9 Å². The lowest BCUT2D eigenvalue weighted by molar-refractivity contribution is 0.586. The van der Waals surface area contributed by atoms with Crippen molar-refractivity contribution in [2.24, 2.45) is 0 Å². The second-order valence-corrected chi connectivity index (χ2v) is 3.69. The molecule has 94 valence electrons. The molecule has 0 spiro atoms. The van der Waals surface area contributed by atoms with Crippen molar-refractivity contribution in [3.8, 4) is 0 Å². The van der Waals surface area contributed by atoms with E-state index in [1.807, 2.05) is 6.92 Å². The summed E-state index contributed by atoms with van der Waals surface area (Å²) in [7, 11) is 0. The first-order chi connectivity index (χ1) is 8.58. The number of nitrogens with zero attached hydrogens (tertiary/aromatic N) is 1. The molecule has 1 heterocycles. The summed E-state index contributed by atoms with van der Waals surface area (Å²) in [6.07, 6.45) is 0.588. The van der Waals surface area contributed by atoms with Crippen molar-refractivity contribution < 1.29 is 8.78 Å². The largest absolute Gasteiger partial charge is 0.323 e. The highest BCUT2D eigenvalue weighted by molar-refractivity contribution is 5.53. The number of H-pyrrole nitrogens is 1. The van der Waals surface area contributed by atoms with Gasteiger partial charge in [0, 0.05) is 17.8 Å². The van der Waals surface area contributed by atoms with Gasteiger partial charge in [0.1, 0.15) is 11.6 Å². The molecule has 0 aliphatic rings. The summed E-state index contributed by atoms with van der Waals surface area (Å²) in [6, 6.07) is 4.48. The molecule has 2 rings (SSSR count). The quantitative estimate of drug-likeness (QED) is 0.880. The number of benzene rings is 1. The summed E-state index contributed by atoms with van der Waals surface area (Å²) in [5.74, 6) is -1.29. The standard InChI is InChI=1S/C12H11F2N3O/c1-2-8-6-11(18)17-12(15-8)16-10-4-3-7(13)5-9(10)14/h3-6H,2H2,1H3,(H2,15,16,17,18). The number of anilines is 2. The summed E-state index contributed by atoms with van der Waals surface area (Å²) in [4.78, 5) is 17.8. The Labute approximate surface area is 102 Å². The van der Waals surface area contributed by atoms with E-state index in [1.54, 1.807) is 0 Å². The number of nitrogens with one attached hydrogen (secondary N) is 2. The van der Waals surface area contributed by atoms with Crippen molar-refractivity contribution in [2.75, 3.05) is 5.32 Å². The molecule has 6 heteroatoms. The molecule has 0 saturated heterocycles. The Morgan fingerprint density at radius 3 is 2.78 bits per heavy atom. The van der Waals surface area contributed by atoms with E-state index in [1.165, 1.54) is 12.1 Å². The second-order valence-electron chi connectivity index (χ2n) is 3.69. The fraction of sp³-hybridized carbons (Fsp3) is 0.167. The molecular weight excluding hydrogens is 240 g/mol. The summed E-state index contributed by atoms with van der Waals surface area (Å²) < 4.78 is 26.1. The Hall–Kier alpha value is -2.24. The second kappa shape index (κ2) is 4.95. The molecule has 0 radical (unpaired) electrons. The Morgan fingerprint density at radius 2 is 2.11 bits per heavy atom. The van der Waals surface area contributed by atoms with E-state index in [2.05, 4.69) is 15.3 Å². The van der Waals surface area contributed by atoms with Gasteiger partial charge in [-0.1, -0.05) is 6.92 Å². The average molecular weight is 251 g/mol. The van der Waals surface area contributed by atoms with Crippen LogP contribution in [0.4, 0.5) is 20.4 Å². The number of hydrogen-bond acceptors (Lipinski definition) is 3. The fourth-order valence-electron chi connectivity index (χ4n) is 1.47. The number of aryl methyl sites for hydroxylation is 1. The van der Waals surface area contributed by atoms with Crippen LogP contribution in [0.25, 0.3) is 0 Å². The molecule has 0 fully saturated rings. The molecule has 0 bridgehead atoms. The number of halogens is 2. The average Bonchev–Trinajstić information content (AvgIpc) is 2.32. The zero-order chi connectivity index (χ0) is 13.1. The molecule has 0 atom stereocenters. The van der Waals surface area contributed by atoms with Gasteiger partial charge in [-0.15, -0.1) is 0 Å². The summed E-state index contributed by atoms with van der Waals surface area (Å²) in [5.41, 5.74) is 0.309. The Kier molecular flexibility index (Phi) is 3.36. The smallest absolute Gasteiger partial charge is 0.252 e. The highest BCUT2D eigenvalue weighted by Gasteiger charge is 2.06. The number of hydrogen-bond donors (Lipinski definition) is 2. The molecule has 2 aromatic rings. The first-order valence-corrected chi connectivity index (χ1v) is 5.41. The highest BCUT2D eigenvalue weighted by atomic mass is 19.1. The predicted molar refractivity (Wildman–Crippen MR) is 63.9 cm³/mol. The van der Waals surface area contributed by atoms with E-state index in [9.17, 15) is 13.6 Å². The van der Waals surface area contributed by atoms with Gasteiger partial charge in [0.05, 0.1) is 5.69 Å². The van der Waals surface area contributed by atoms with Crippen molar-refractivity contribution in [2.45, 2.75) is 13.3 Å². The van der Waals surface area contributed by atoms with Crippen LogP contribution in [0, 0.1) is 11.6 Å². The number of rotatable bonds is 3. The van der Waals surface area contributed by atoms with Gasteiger partial charge in [-0.05, 0) is 18.6 Å². The van der Waals surface area contributed by atoms with Gasteiger partial charge in [0.25, 0.3) is 5.56 Å². The molecular formula is C12H11F2N3O. The first kappa shape index (κ1) is 12.2. The summed E-state index contributed by atoms with van der Waals surface area (Å²) in [5, 5.41) is 2.61. The van der Waals surface area contributed by atoms with Crippen LogP contribution in [0.3, 0.4) is 0 Å². The van der Waals surface area contributed by atoms with Crippen LogP contribution < -0.4 is 10.9 Å². The highest BCUT2D eigenvalue weighted by Crippen LogP contribution is 2.17. The maximum absolute atomic E-state index is 13.4. The predicted octanol–water partition coefficient (Wildman–Crippen LogP) is 2.35. The topological polar surface area (TPSA) is 57.8 Å². The van der Waals surface area contributed by atoms with Crippen molar-refractivity contribution in [1.29, 1.82) is 0 Å². The van der Waals surface area contributed by atoms with Crippen LogP contribution in [0.5, 0.6) is 0 Å². The summed E-state index contributed by atoms with van der Waals surface area (Å²) in [6.45, 7) is 1.85. The van der Waals surface area contributed by atoms with Crippen LogP contribution >= 0.6 is 0 Å². The van der Waals surface area contributed by atoms with E-state index >= 15 is 0 Å². The van der Waals surface area contributed by atoms with Gasteiger partial charge in [-0.3, -0.25) is 9.78 Å². The minimum absolute atomic E-state index is 0.0489. The number of aromatic nitrogens is 2. The molecule has 2 N–H and O–H groups in total. The van der Waals surface area contributed by atoms with Crippen molar-refractivity contribution in [3.63, 3.8) is 0 Å². The van der Waals surface area contributed by atoms with Gasteiger partial charge in [0.15, 0.2) is 0 Å². The van der Waals surface area contributed by atoms with Crippen LogP contribution in [0.15, 0.2) is 29.1 Å². The maximum Gasteiger partial charge on any atom is 0.252 e. The lowest BCUT2D eigenvalue weighted by atomic mass is 10.3. The molecule has 0 unspecified atom stereocenters. The molecule has 0 aliphatic carbocycles. The maximum atomic E-state index is 13.4.